The SMILES string of the molecule is Cc1[nH]c2ccccc2c1CC(N)=O. The molecular formula is C11H12N2O. The fourth-order valence-electron chi connectivity index (χ4n) is 1.74. The second kappa shape index (κ2) is 3.18. The van der Waals surface area contributed by atoms with Crippen LogP contribution < -0.4 is 5.73 Å². The van der Waals surface area contributed by atoms with Crippen LogP contribution in [0.4, 0.5) is 0 Å². The number of fused-ring (bicyclic) bond motifs is 1. The molecule has 0 atom stereocenters. The molecule has 3 N–H and O–H groups in total. The van der Waals surface area contributed by atoms with Crippen LogP contribution in [0.2, 0.25) is 0 Å². The van der Waals surface area contributed by atoms with E-state index in [0.717, 1.165) is 22.2 Å². The van der Waals surface area contributed by atoms with E-state index < -0.39 is 0 Å². The van der Waals surface area contributed by atoms with Crippen LogP contribution in [0, 0.1) is 6.92 Å². The first-order valence-corrected chi connectivity index (χ1v) is 4.53. The van der Waals surface area contributed by atoms with Gasteiger partial charge in [-0.3, -0.25) is 4.79 Å². The Morgan fingerprint density at radius 2 is 2.14 bits per heavy atom. The van der Waals surface area contributed by atoms with Crippen molar-refractivity contribution in [1.82, 2.24) is 4.98 Å². The maximum atomic E-state index is 10.9. The summed E-state index contributed by atoms with van der Waals surface area (Å²) in [5, 5.41) is 1.09. The lowest BCUT2D eigenvalue weighted by Gasteiger charge is -1.96. The number of nitrogens with two attached hydrogens (primary N) is 1. The molecule has 0 aliphatic carbocycles. The Bertz CT molecular complexity index is 485. The Balaban J connectivity index is 2.62. The average Bonchev–Trinajstić information content (AvgIpc) is 2.43. The van der Waals surface area contributed by atoms with Gasteiger partial charge in [0.1, 0.15) is 0 Å². The summed E-state index contributed by atoms with van der Waals surface area (Å²) in [6.07, 6.45) is 0.301. The summed E-state index contributed by atoms with van der Waals surface area (Å²) in [4.78, 5) is 14.1. The van der Waals surface area contributed by atoms with Crippen molar-refractivity contribution in [1.29, 1.82) is 0 Å². The van der Waals surface area contributed by atoms with Crippen molar-refractivity contribution < 1.29 is 4.79 Å². The lowest BCUT2D eigenvalue weighted by atomic mass is 10.1. The van der Waals surface area contributed by atoms with Crippen molar-refractivity contribution >= 4 is 16.8 Å². The van der Waals surface area contributed by atoms with Crippen LogP contribution in [0.25, 0.3) is 10.9 Å². The van der Waals surface area contributed by atoms with Crippen LogP contribution in [0.3, 0.4) is 0 Å². The van der Waals surface area contributed by atoms with Crippen molar-refractivity contribution in [3.8, 4) is 0 Å². The van der Waals surface area contributed by atoms with Crippen molar-refractivity contribution in [2.75, 3.05) is 0 Å². The van der Waals surface area contributed by atoms with E-state index in [0.29, 0.717) is 6.42 Å². The van der Waals surface area contributed by atoms with Gasteiger partial charge in [-0.25, -0.2) is 0 Å². The first-order valence-electron chi connectivity index (χ1n) is 4.53. The second-order valence-electron chi connectivity index (χ2n) is 3.42. The fraction of sp³-hybridized carbons (Fsp3) is 0.182. The molecule has 0 aliphatic heterocycles. The van der Waals surface area contributed by atoms with Gasteiger partial charge in [0.25, 0.3) is 0 Å². The zero-order chi connectivity index (χ0) is 10.1. The molecule has 3 heteroatoms. The molecule has 72 valence electrons. The third kappa shape index (κ3) is 1.37. The van der Waals surface area contributed by atoms with Gasteiger partial charge in [0.05, 0.1) is 6.42 Å². The van der Waals surface area contributed by atoms with Crippen molar-refractivity contribution in [2.45, 2.75) is 13.3 Å². The number of H-pyrrole nitrogens is 1. The molecule has 0 aliphatic rings. The van der Waals surface area contributed by atoms with Gasteiger partial charge in [-0.05, 0) is 18.6 Å². The van der Waals surface area contributed by atoms with Gasteiger partial charge in [0, 0.05) is 16.6 Å². The van der Waals surface area contributed by atoms with Crippen molar-refractivity contribution in [3.05, 3.63) is 35.5 Å². The molecular weight excluding hydrogens is 176 g/mol. The molecule has 0 saturated heterocycles. The van der Waals surface area contributed by atoms with Crippen LogP contribution in [0.15, 0.2) is 24.3 Å². The summed E-state index contributed by atoms with van der Waals surface area (Å²) in [6.45, 7) is 1.96. The molecule has 1 amide bonds. The number of hydrogen-bond donors (Lipinski definition) is 2. The summed E-state index contributed by atoms with van der Waals surface area (Å²) in [5.41, 5.74) is 8.27. The lowest BCUT2D eigenvalue weighted by molar-refractivity contribution is -0.117. The Morgan fingerprint density at radius 3 is 2.86 bits per heavy atom. The number of para-hydroxylation sites is 1. The summed E-state index contributed by atoms with van der Waals surface area (Å²) in [7, 11) is 0. The predicted octanol–water partition coefficient (Wildman–Crippen LogP) is 1.50. The van der Waals surface area contributed by atoms with Gasteiger partial charge in [0.15, 0.2) is 0 Å². The van der Waals surface area contributed by atoms with Crippen molar-refractivity contribution in [3.63, 3.8) is 0 Å². The highest BCUT2D eigenvalue weighted by molar-refractivity contribution is 5.89. The smallest absolute Gasteiger partial charge is 0.221 e. The van der Waals surface area contributed by atoms with E-state index in [4.69, 9.17) is 5.73 Å². The zero-order valence-corrected chi connectivity index (χ0v) is 8.00. The van der Waals surface area contributed by atoms with E-state index in [1.807, 2.05) is 31.2 Å². The van der Waals surface area contributed by atoms with Crippen LogP contribution in [0.5, 0.6) is 0 Å². The monoisotopic (exact) mass is 188 g/mol. The Hall–Kier alpha value is -1.77. The Kier molecular flexibility index (Phi) is 2.00. The molecule has 1 aromatic carbocycles. The Labute approximate surface area is 81.9 Å². The third-order valence-electron chi connectivity index (χ3n) is 2.38. The summed E-state index contributed by atoms with van der Waals surface area (Å²) in [6, 6.07) is 7.91. The number of carbonyl (C=O) groups is 1. The normalized spacial score (nSPS) is 10.6. The summed E-state index contributed by atoms with van der Waals surface area (Å²) in [5.74, 6) is -0.294. The molecule has 0 unspecified atom stereocenters. The van der Waals surface area contributed by atoms with Crippen LogP contribution in [-0.2, 0) is 11.2 Å². The quantitative estimate of drug-likeness (QED) is 0.737. The highest BCUT2D eigenvalue weighted by Gasteiger charge is 2.09. The minimum absolute atomic E-state index is 0.294. The van der Waals surface area contributed by atoms with Gasteiger partial charge in [-0.2, -0.15) is 0 Å². The number of aromatic nitrogens is 1. The minimum atomic E-state index is -0.294. The maximum Gasteiger partial charge on any atom is 0.221 e. The van der Waals surface area contributed by atoms with E-state index in [1.54, 1.807) is 0 Å². The number of nitrogens with one attached hydrogen (secondary N) is 1. The minimum Gasteiger partial charge on any atom is -0.369 e. The number of aromatic amines is 1. The van der Waals surface area contributed by atoms with Gasteiger partial charge in [-0.1, -0.05) is 18.2 Å². The lowest BCUT2D eigenvalue weighted by Crippen LogP contribution is -2.13. The van der Waals surface area contributed by atoms with E-state index in [2.05, 4.69) is 4.98 Å². The molecule has 0 radical (unpaired) electrons. The number of carbonyl (C=O) groups excluding carboxylic acids is 1. The third-order valence-corrected chi connectivity index (χ3v) is 2.38. The topological polar surface area (TPSA) is 58.9 Å². The molecule has 0 bridgehead atoms. The predicted molar refractivity (Wildman–Crippen MR) is 55.9 cm³/mol. The molecule has 0 fully saturated rings. The molecule has 0 saturated carbocycles. The van der Waals surface area contributed by atoms with Crippen LogP contribution >= 0.6 is 0 Å². The van der Waals surface area contributed by atoms with E-state index in [1.165, 1.54) is 0 Å². The molecule has 1 aromatic heterocycles. The van der Waals surface area contributed by atoms with Crippen LogP contribution in [0.1, 0.15) is 11.3 Å². The molecule has 2 aromatic rings. The number of primary amides is 1. The number of rotatable bonds is 2. The molecule has 3 nitrogen and oxygen atoms in total. The summed E-state index contributed by atoms with van der Waals surface area (Å²) >= 11 is 0. The number of hydrogen-bond acceptors (Lipinski definition) is 1. The molecule has 0 spiro atoms. The molecule has 1 heterocycles. The highest BCUT2D eigenvalue weighted by Crippen LogP contribution is 2.21. The first kappa shape index (κ1) is 8.81. The van der Waals surface area contributed by atoms with Gasteiger partial charge >= 0.3 is 0 Å². The number of amides is 1. The van der Waals surface area contributed by atoms with E-state index in [9.17, 15) is 4.79 Å². The maximum absolute atomic E-state index is 10.9. The van der Waals surface area contributed by atoms with Crippen LogP contribution in [-0.4, -0.2) is 10.9 Å². The van der Waals surface area contributed by atoms with Gasteiger partial charge < -0.3 is 10.7 Å². The van der Waals surface area contributed by atoms with E-state index >= 15 is 0 Å². The zero-order valence-electron chi connectivity index (χ0n) is 8.00. The number of benzene rings is 1. The van der Waals surface area contributed by atoms with Crippen molar-refractivity contribution in [2.24, 2.45) is 5.73 Å². The summed E-state index contributed by atoms with van der Waals surface area (Å²) < 4.78 is 0. The van der Waals surface area contributed by atoms with E-state index in [-0.39, 0.29) is 5.91 Å². The van der Waals surface area contributed by atoms with Gasteiger partial charge in [0.2, 0.25) is 5.91 Å². The molecule has 14 heavy (non-hydrogen) atoms. The average molecular weight is 188 g/mol. The number of aryl methyl sites for hydroxylation is 1. The second-order valence-corrected chi connectivity index (χ2v) is 3.42. The fourth-order valence-corrected chi connectivity index (χ4v) is 1.74. The molecule has 2 rings (SSSR count). The first-order chi connectivity index (χ1) is 6.68. The highest BCUT2D eigenvalue weighted by atomic mass is 16.1. The Morgan fingerprint density at radius 1 is 1.43 bits per heavy atom. The largest absolute Gasteiger partial charge is 0.369 e. The standard InChI is InChI=1S/C11H12N2O/c1-7-9(6-11(12)14)8-4-2-3-5-10(8)13-7/h2-5,13H,6H2,1H3,(H2,12,14). The van der Waals surface area contributed by atoms with Gasteiger partial charge in [-0.15, -0.1) is 0 Å².